The lowest BCUT2D eigenvalue weighted by molar-refractivity contribution is 0.104. The first-order valence-corrected chi connectivity index (χ1v) is 6.78. The summed E-state index contributed by atoms with van der Waals surface area (Å²) in [4.78, 5) is 12.1. The van der Waals surface area contributed by atoms with Gasteiger partial charge in [0.15, 0.2) is 5.78 Å². The molecule has 108 valence electrons. The van der Waals surface area contributed by atoms with E-state index >= 15 is 0 Å². The molecule has 0 amide bonds. The molecule has 2 aromatic rings. The van der Waals surface area contributed by atoms with Crippen LogP contribution in [0.3, 0.4) is 0 Å². The molecule has 2 aromatic carbocycles. The van der Waals surface area contributed by atoms with Gasteiger partial charge in [-0.25, -0.2) is 4.39 Å². The fraction of sp³-hybridized carbons (Fsp3) is 0.0625. The molecule has 0 radical (unpaired) electrons. The van der Waals surface area contributed by atoms with E-state index in [-0.39, 0.29) is 15.6 Å². The van der Waals surface area contributed by atoms with Crippen molar-refractivity contribution in [3.63, 3.8) is 0 Å². The highest BCUT2D eigenvalue weighted by Crippen LogP contribution is 2.28. The maximum Gasteiger partial charge on any atom is 0.188 e. The summed E-state index contributed by atoms with van der Waals surface area (Å²) in [7, 11) is 1.57. The van der Waals surface area contributed by atoms with Crippen LogP contribution in [0.2, 0.25) is 10.0 Å². The number of halogens is 3. The van der Waals surface area contributed by atoms with Gasteiger partial charge >= 0.3 is 0 Å². The van der Waals surface area contributed by atoms with Gasteiger partial charge in [0.1, 0.15) is 11.6 Å². The number of ether oxygens (including phenoxy) is 1. The van der Waals surface area contributed by atoms with E-state index in [2.05, 4.69) is 0 Å². The third-order valence-electron chi connectivity index (χ3n) is 2.83. The van der Waals surface area contributed by atoms with Crippen molar-refractivity contribution in [2.45, 2.75) is 0 Å². The van der Waals surface area contributed by atoms with Gasteiger partial charge < -0.3 is 4.74 Å². The number of allylic oxidation sites excluding steroid dienone is 1. The molecule has 0 fully saturated rings. The van der Waals surface area contributed by atoms with Gasteiger partial charge in [0, 0.05) is 0 Å². The van der Waals surface area contributed by atoms with E-state index in [0.717, 1.165) is 17.4 Å². The van der Waals surface area contributed by atoms with E-state index in [1.165, 1.54) is 12.1 Å². The number of hydrogen-bond donors (Lipinski definition) is 0. The number of carbonyl (C=O) groups excluding carboxylic acids is 1. The summed E-state index contributed by atoms with van der Waals surface area (Å²) in [5, 5.41) is -0.155. The van der Waals surface area contributed by atoms with Gasteiger partial charge in [0.2, 0.25) is 0 Å². The van der Waals surface area contributed by atoms with E-state index in [0.29, 0.717) is 0 Å². The highest BCUT2D eigenvalue weighted by Gasteiger charge is 2.15. The van der Waals surface area contributed by atoms with Crippen molar-refractivity contribution < 1.29 is 13.9 Å². The lowest BCUT2D eigenvalue weighted by atomic mass is 10.1. The summed E-state index contributed by atoms with van der Waals surface area (Å²) in [5.74, 6) is -0.419. The number of hydrogen-bond acceptors (Lipinski definition) is 2. The zero-order valence-electron chi connectivity index (χ0n) is 11.1. The molecule has 0 aromatic heterocycles. The maximum absolute atomic E-state index is 13.4. The molecule has 0 heterocycles. The van der Waals surface area contributed by atoms with E-state index in [1.54, 1.807) is 37.5 Å². The number of methoxy groups -OCH3 is 1. The molecule has 5 heteroatoms. The van der Waals surface area contributed by atoms with Crippen LogP contribution in [0.15, 0.2) is 42.5 Å². The molecule has 21 heavy (non-hydrogen) atoms. The Kier molecular flexibility index (Phi) is 4.99. The van der Waals surface area contributed by atoms with Crippen LogP contribution in [0.1, 0.15) is 15.9 Å². The predicted molar refractivity (Wildman–Crippen MR) is 82.8 cm³/mol. The summed E-state index contributed by atoms with van der Waals surface area (Å²) >= 11 is 11.7. The third kappa shape index (κ3) is 3.63. The van der Waals surface area contributed by atoms with Crippen molar-refractivity contribution in [3.8, 4) is 5.75 Å². The van der Waals surface area contributed by atoms with E-state index in [9.17, 15) is 9.18 Å². The van der Waals surface area contributed by atoms with Crippen LogP contribution in [-0.2, 0) is 0 Å². The van der Waals surface area contributed by atoms with Crippen LogP contribution in [0.5, 0.6) is 5.75 Å². The minimum atomic E-state index is -0.678. The molecule has 0 aliphatic heterocycles. The van der Waals surface area contributed by atoms with Crippen LogP contribution < -0.4 is 4.74 Å². The standard InChI is InChI=1S/C16H11Cl2FO2/c1-21-11-5-2-10(3-6-11)4-9-14(20)15-12(17)7-8-13(19)16(15)18/h2-9H,1H3/b9-4+. The zero-order chi connectivity index (χ0) is 15.4. The van der Waals surface area contributed by atoms with Crippen LogP contribution in [0.25, 0.3) is 6.08 Å². The molecule has 0 unspecified atom stereocenters. The first kappa shape index (κ1) is 15.5. The third-order valence-corrected chi connectivity index (χ3v) is 3.52. The molecule has 2 rings (SSSR count). The van der Waals surface area contributed by atoms with Crippen LogP contribution >= 0.6 is 23.2 Å². The quantitative estimate of drug-likeness (QED) is 0.447. The summed E-state index contributed by atoms with van der Waals surface area (Å²) in [6.07, 6.45) is 2.90. The SMILES string of the molecule is COc1ccc(/C=C/C(=O)c2c(Cl)ccc(F)c2Cl)cc1. The van der Waals surface area contributed by atoms with Crippen molar-refractivity contribution in [1.29, 1.82) is 0 Å². The summed E-state index contributed by atoms with van der Waals surface area (Å²) in [6.45, 7) is 0. The second kappa shape index (κ2) is 6.74. The van der Waals surface area contributed by atoms with Crippen LogP contribution in [-0.4, -0.2) is 12.9 Å². The minimum absolute atomic E-state index is 0.0388. The molecule has 0 N–H and O–H groups in total. The van der Waals surface area contributed by atoms with Crippen molar-refractivity contribution in [2.75, 3.05) is 7.11 Å². The molecule has 0 aliphatic carbocycles. The van der Waals surface area contributed by atoms with E-state index < -0.39 is 11.6 Å². The van der Waals surface area contributed by atoms with E-state index in [1.807, 2.05) is 0 Å². The predicted octanol–water partition coefficient (Wildman–Crippen LogP) is 5.04. The van der Waals surface area contributed by atoms with Gasteiger partial charge in [-0.1, -0.05) is 41.4 Å². The molecule has 0 aliphatic rings. The van der Waals surface area contributed by atoms with Gasteiger partial charge in [-0.2, -0.15) is 0 Å². The average molecular weight is 325 g/mol. The van der Waals surface area contributed by atoms with Gasteiger partial charge in [0.05, 0.1) is 22.7 Å². The van der Waals surface area contributed by atoms with Crippen LogP contribution in [0, 0.1) is 5.82 Å². The van der Waals surface area contributed by atoms with Crippen molar-refractivity contribution in [1.82, 2.24) is 0 Å². The minimum Gasteiger partial charge on any atom is -0.497 e. The fourth-order valence-corrected chi connectivity index (χ4v) is 2.28. The number of ketones is 1. The number of rotatable bonds is 4. The maximum atomic E-state index is 13.4. The lowest BCUT2D eigenvalue weighted by Gasteiger charge is -2.04. The Bertz CT molecular complexity index is 694. The Morgan fingerprint density at radius 2 is 1.81 bits per heavy atom. The highest BCUT2D eigenvalue weighted by molar-refractivity contribution is 6.40. The van der Waals surface area contributed by atoms with Gasteiger partial charge in [-0.3, -0.25) is 4.79 Å². The Morgan fingerprint density at radius 1 is 1.14 bits per heavy atom. The van der Waals surface area contributed by atoms with Gasteiger partial charge in [-0.15, -0.1) is 0 Å². The highest BCUT2D eigenvalue weighted by atomic mass is 35.5. The number of carbonyl (C=O) groups is 1. The normalized spacial score (nSPS) is 10.9. The monoisotopic (exact) mass is 324 g/mol. The molecule has 0 saturated heterocycles. The molecule has 0 atom stereocenters. The summed E-state index contributed by atoms with van der Waals surface area (Å²) in [5.41, 5.74) is 0.760. The first-order valence-electron chi connectivity index (χ1n) is 6.03. The summed E-state index contributed by atoms with van der Waals surface area (Å²) < 4.78 is 18.4. The Balaban J connectivity index is 2.25. The lowest BCUT2D eigenvalue weighted by Crippen LogP contribution is -1.99. The Hall–Kier alpha value is -1.84. The molecular formula is C16H11Cl2FO2. The van der Waals surface area contributed by atoms with Crippen molar-refractivity contribution in [3.05, 3.63) is 69.5 Å². The topological polar surface area (TPSA) is 26.3 Å². The molecule has 0 bridgehead atoms. The van der Waals surface area contributed by atoms with Crippen molar-refractivity contribution >= 4 is 35.1 Å². The smallest absolute Gasteiger partial charge is 0.188 e. The Labute approximate surface area is 131 Å². The van der Waals surface area contributed by atoms with E-state index in [4.69, 9.17) is 27.9 Å². The molecule has 0 saturated carbocycles. The molecular weight excluding hydrogens is 314 g/mol. The number of benzene rings is 2. The molecule has 0 spiro atoms. The second-order valence-corrected chi connectivity index (χ2v) is 4.97. The van der Waals surface area contributed by atoms with Crippen LogP contribution in [0.4, 0.5) is 4.39 Å². The van der Waals surface area contributed by atoms with Crippen molar-refractivity contribution in [2.24, 2.45) is 0 Å². The largest absolute Gasteiger partial charge is 0.497 e. The molecule has 2 nitrogen and oxygen atoms in total. The first-order chi connectivity index (χ1) is 10.0. The fourth-order valence-electron chi connectivity index (χ4n) is 1.72. The Morgan fingerprint density at radius 3 is 2.43 bits per heavy atom. The van der Waals surface area contributed by atoms with Gasteiger partial charge in [0.25, 0.3) is 0 Å². The average Bonchev–Trinajstić information content (AvgIpc) is 2.50. The zero-order valence-corrected chi connectivity index (χ0v) is 12.6. The second-order valence-electron chi connectivity index (χ2n) is 4.19. The summed E-state index contributed by atoms with van der Waals surface area (Å²) in [6, 6.07) is 9.54. The van der Waals surface area contributed by atoms with Gasteiger partial charge in [-0.05, 0) is 35.9 Å².